The van der Waals surface area contributed by atoms with Crippen LogP contribution in [-0.4, -0.2) is 46.8 Å². The number of alkyl carbamates (subject to hydrolysis) is 1. The van der Waals surface area contributed by atoms with Gasteiger partial charge in [0.15, 0.2) is 0 Å². The van der Waals surface area contributed by atoms with E-state index in [1.807, 2.05) is 54.6 Å². The Kier molecular flexibility index (Phi) is 5.25. The number of benzene rings is 2. The molecule has 8 heteroatoms. The molecule has 7 rings (SSSR count). The van der Waals surface area contributed by atoms with Crippen LogP contribution in [0.15, 0.2) is 71.1 Å². The molecule has 1 aromatic heterocycles. The van der Waals surface area contributed by atoms with Crippen LogP contribution in [0.4, 0.5) is 4.79 Å². The number of rotatable bonds is 8. The van der Waals surface area contributed by atoms with E-state index in [0.29, 0.717) is 23.5 Å². The second-order valence-electron chi connectivity index (χ2n) is 9.47. The van der Waals surface area contributed by atoms with Gasteiger partial charge in [0.05, 0.1) is 12.1 Å². The van der Waals surface area contributed by atoms with Crippen LogP contribution in [0, 0.1) is 5.92 Å². The Hall–Kier alpha value is -3.78. The number of ether oxygens (including phenoxy) is 2. The molecule has 5 atom stereocenters. The maximum Gasteiger partial charge on any atom is 0.408 e. The molecule has 2 N–H and O–H groups in total. The number of fused-ring (bicyclic) bond motifs is 1. The van der Waals surface area contributed by atoms with Gasteiger partial charge in [0.2, 0.25) is 5.76 Å². The first kappa shape index (κ1) is 21.7. The molecule has 0 spiro atoms. The molecule has 1 saturated carbocycles. The minimum atomic E-state index is -1.12. The molecule has 3 aromatic rings. The Morgan fingerprint density at radius 3 is 2.63 bits per heavy atom. The summed E-state index contributed by atoms with van der Waals surface area (Å²) in [6.07, 6.45) is 1.81. The van der Waals surface area contributed by atoms with E-state index in [1.165, 1.54) is 6.07 Å². The Morgan fingerprint density at radius 2 is 1.94 bits per heavy atom. The highest BCUT2D eigenvalue weighted by atomic mass is 16.6. The number of carbonyl (C=O) groups excluding carboxylic acids is 1. The smallest absolute Gasteiger partial charge is 0.408 e. The van der Waals surface area contributed by atoms with Crippen molar-refractivity contribution in [3.63, 3.8) is 0 Å². The van der Waals surface area contributed by atoms with E-state index in [1.54, 1.807) is 6.07 Å². The van der Waals surface area contributed by atoms with Crippen LogP contribution in [0.2, 0.25) is 0 Å². The largest absolute Gasteiger partial charge is 0.486 e. The molecule has 5 unspecified atom stereocenters. The van der Waals surface area contributed by atoms with Crippen molar-refractivity contribution in [3.8, 4) is 5.75 Å². The minimum Gasteiger partial charge on any atom is -0.486 e. The number of aromatic carboxylic acids is 1. The Balaban J connectivity index is 1.18. The summed E-state index contributed by atoms with van der Waals surface area (Å²) in [6, 6.07) is 20.1. The van der Waals surface area contributed by atoms with Crippen LogP contribution in [0.25, 0.3) is 0 Å². The average molecular weight is 475 g/mol. The highest BCUT2D eigenvalue weighted by Crippen LogP contribution is 2.58. The average Bonchev–Trinajstić information content (AvgIpc) is 3.36. The molecule has 180 valence electrons. The molecule has 1 aliphatic carbocycles. The number of furan rings is 1. The van der Waals surface area contributed by atoms with Crippen LogP contribution in [0.5, 0.6) is 5.75 Å². The van der Waals surface area contributed by atoms with Crippen molar-refractivity contribution in [2.45, 2.75) is 37.1 Å². The van der Waals surface area contributed by atoms with Gasteiger partial charge in [0, 0.05) is 12.5 Å². The van der Waals surface area contributed by atoms with E-state index in [9.17, 15) is 9.59 Å². The van der Waals surface area contributed by atoms with Crippen LogP contribution in [-0.2, 0) is 11.3 Å². The van der Waals surface area contributed by atoms with Crippen molar-refractivity contribution in [3.05, 3.63) is 89.4 Å². The summed E-state index contributed by atoms with van der Waals surface area (Å²) in [6.45, 7) is 2.03. The number of piperidine rings is 4. The molecule has 3 saturated heterocycles. The third kappa shape index (κ3) is 3.83. The van der Waals surface area contributed by atoms with Gasteiger partial charge < -0.3 is 24.3 Å². The molecule has 8 nitrogen and oxygen atoms in total. The Bertz CT molecular complexity index is 1250. The van der Waals surface area contributed by atoms with Crippen LogP contribution < -0.4 is 10.1 Å². The predicted molar refractivity (Wildman–Crippen MR) is 125 cm³/mol. The standard InChI is InChI=1S/C27H26N2O6/c30-25(31)22-10-9-21(34-22)15-33-20-8-4-7-18(13-20)24(17-5-2-1-3-6-17)28-26(32)35-27-16-29-12-11-19(27)14-23(27)29/h1-10,13,19,23-24H,11-12,14-16H2,(H,28,32)(H,30,31). The number of nitrogens with one attached hydrogen (secondary N) is 1. The van der Waals surface area contributed by atoms with Gasteiger partial charge in [-0.3, -0.25) is 4.90 Å². The lowest BCUT2D eigenvalue weighted by Crippen LogP contribution is -2.85. The summed E-state index contributed by atoms with van der Waals surface area (Å²) in [5, 5.41) is 12.1. The quantitative estimate of drug-likeness (QED) is 0.504. The van der Waals surface area contributed by atoms with Gasteiger partial charge in [-0.05, 0) is 54.8 Å². The number of amides is 1. The fraction of sp³-hybridized carbons (Fsp3) is 0.333. The second-order valence-corrected chi connectivity index (χ2v) is 9.47. The first-order chi connectivity index (χ1) is 17.0. The number of carboxylic acid groups (broad SMARTS) is 1. The van der Waals surface area contributed by atoms with E-state index in [-0.39, 0.29) is 18.0 Å². The number of carbonyl (C=O) groups is 2. The molecule has 4 bridgehead atoms. The Labute approximate surface area is 202 Å². The zero-order chi connectivity index (χ0) is 24.0. The zero-order valence-electron chi connectivity index (χ0n) is 19.1. The number of hydrogen-bond donors (Lipinski definition) is 2. The maximum atomic E-state index is 13.1. The topological polar surface area (TPSA) is 101 Å². The lowest BCUT2D eigenvalue weighted by atomic mass is 9.54. The molecular weight excluding hydrogens is 448 g/mol. The van der Waals surface area contributed by atoms with Crippen molar-refractivity contribution in [2.24, 2.45) is 5.92 Å². The highest BCUT2D eigenvalue weighted by molar-refractivity contribution is 5.84. The summed E-state index contributed by atoms with van der Waals surface area (Å²) in [7, 11) is 0. The Morgan fingerprint density at radius 1 is 1.11 bits per heavy atom. The van der Waals surface area contributed by atoms with E-state index in [2.05, 4.69) is 10.2 Å². The fourth-order valence-electron chi connectivity index (χ4n) is 5.72. The minimum absolute atomic E-state index is 0.0873. The molecule has 2 aromatic carbocycles. The predicted octanol–water partition coefficient (Wildman–Crippen LogP) is 4.22. The van der Waals surface area contributed by atoms with Crippen LogP contribution in [0.3, 0.4) is 0 Å². The van der Waals surface area contributed by atoms with Crippen LogP contribution >= 0.6 is 0 Å². The van der Waals surface area contributed by atoms with E-state index in [0.717, 1.165) is 37.1 Å². The SMILES string of the molecule is O=C(NC(c1ccccc1)c1cccc(OCc2ccc(C(=O)O)o2)c1)OC12CN3CCC1CC32. The molecule has 4 fully saturated rings. The highest BCUT2D eigenvalue weighted by Gasteiger charge is 2.70. The van der Waals surface area contributed by atoms with E-state index >= 15 is 0 Å². The van der Waals surface area contributed by atoms with Crippen molar-refractivity contribution in [1.29, 1.82) is 0 Å². The molecule has 1 amide bonds. The fourth-order valence-corrected chi connectivity index (χ4v) is 5.72. The summed E-state index contributed by atoms with van der Waals surface area (Å²) in [5.41, 5.74) is 1.46. The first-order valence-electron chi connectivity index (χ1n) is 11.8. The van der Waals surface area contributed by atoms with Gasteiger partial charge in [0.25, 0.3) is 0 Å². The normalized spacial score (nSPS) is 26.6. The maximum absolute atomic E-state index is 13.1. The molecule has 0 radical (unpaired) electrons. The number of carboxylic acids is 1. The molecule has 3 aliphatic heterocycles. The molecular formula is C27H26N2O6. The van der Waals surface area contributed by atoms with Gasteiger partial charge in [-0.2, -0.15) is 0 Å². The van der Waals surface area contributed by atoms with Gasteiger partial charge in [0.1, 0.15) is 23.7 Å². The van der Waals surface area contributed by atoms with Gasteiger partial charge in [-0.1, -0.05) is 42.5 Å². The monoisotopic (exact) mass is 474 g/mol. The lowest BCUT2D eigenvalue weighted by Gasteiger charge is -2.71. The van der Waals surface area contributed by atoms with Crippen LogP contribution in [0.1, 0.15) is 46.3 Å². The number of hydrogen-bond acceptors (Lipinski definition) is 6. The number of nitrogens with zero attached hydrogens (tertiary/aromatic N) is 1. The summed E-state index contributed by atoms with van der Waals surface area (Å²) >= 11 is 0. The van der Waals surface area contributed by atoms with E-state index in [4.69, 9.17) is 19.0 Å². The molecule has 35 heavy (non-hydrogen) atoms. The third-order valence-electron chi connectivity index (χ3n) is 7.54. The van der Waals surface area contributed by atoms with E-state index < -0.39 is 18.1 Å². The third-order valence-corrected chi connectivity index (χ3v) is 7.54. The summed E-state index contributed by atoms with van der Waals surface area (Å²) < 4.78 is 17.2. The lowest BCUT2D eigenvalue weighted by molar-refractivity contribution is -0.283. The molecule has 4 heterocycles. The second kappa shape index (κ2) is 8.46. The van der Waals surface area contributed by atoms with Gasteiger partial charge in [-0.25, -0.2) is 9.59 Å². The molecule has 4 aliphatic rings. The van der Waals surface area contributed by atoms with Gasteiger partial charge >= 0.3 is 12.1 Å². The van der Waals surface area contributed by atoms with Crippen molar-refractivity contribution < 1.29 is 28.6 Å². The van der Waals surface area contributed by atoms with Crippen molar-refractivity contribution >= 4 is 12.1 Å². The van der Waals surface area contributed by atoms with Crippen molar-refractivity contribution in [2.75, 3.05) is 13.1 Å². The summed E-state index contributed by atoms with van der Waals surface area (Å²) in [5.74, 6) is 0.205. The first-order valence-corrected chi connectivity index (χ1v) is 11.8. The zero-order valence-corrected chi connectivity index (χ0v) is 19.1. The van der Waals surface area contributed by atoms with Gasteiger partial charge in [-0.15, -0.1) is 0 Å². The summed E-state index contributed by atoms with van der Waals surface area (Å²) in [4.78, 5) is 26.5. The van der Waals surface area contributed by atoms with Crippen molar-refractivity contribution in [1.82, 2.24) is 10.2 Å².